The van der Waals surface area contributed by atoms with Gasteiger partial charge in [0.2, 0.25) is 0 Å². The fraction of sp³-hybridized carbons (Fsp3) is 1.00. The van der Waals surface area contributed by atoms with Crippen LogP contribution in [0.4, 0.5) is 0 Å². The molecule has 0 aliphatic heterocycles. The summed E-state index contributed by atoms with van der Waals surface area (Å²) in [5, 5.41) is 3.57. The minimum Gasteiger partial charge on any atom is -0.381 e. The molecule has 12 heavy (non-hydrogen) atoms. The van der Waals surface area contributed by atoms with Crippen molar-refractivity contribution in [2.45, 2.75) is 57.7 Å². The van der Waals surface area contributed by atoms with E-state index < -0.39 is 0 Å². The first-order chi connectivity index (χ1) is 5.72. The first-order valence-electron chi connectivity index (χ1n) is 5.01. The number of ether oxygens (including phenoxy) is 1. The van der Waals surface area contributed by atoms with Gasteiger partial charge in [0.25, 0.3) is 0 Å². The summed E-state index contributed by atoms with van der Waals surface area (Å²) in [7, 11) is 1.82. The molecule has 2 nitrogen and oxygen atoms in total. The Balaban J connectivity index is 2.25. The van der Waals surface area contributed by atoms with Crippen LogP contribution in [0.15, 0.2) is 0 Å². The summed E-state index contributed by atoms with van der Waals surface area (Å²) in [6, 6.07) is 1.29. The van der Waals surface area contributed by atoms with Crippen molar-refractivity contribution in [3.8, 4) is 0 Å². The third kappa shape index (κ3) is 3.11. The minimum atomic E-state index is 0.495. The van der Waals surface area contributed by atoms with Gasteiger partial charge in [0.05, 0.1) is 6.10 Å². The molecule has 2 atom stereocenters. The summed E-state index contributed by atoms with van der Waals surface area (Å²) in [6.45, 7) is 4.41. The van der Waals surface area contributed by atoms with Gasteiger partial charge < -0.3 is 10.1 Å². The van der Waals surface area contributed by atoms with Crippen LogP contribution in [0.1, 0.15) is 39.5 Å². The Kier molecular flexibility index (Phi) is 4.02. The van der Waals surface area contributed by atoms with Gasteiger partial charge in [-0.25, -0.2) is 0 Å². The quantitative estimate of drug-likeness (QED) is 0.700. The lowest BCUT2D eigenvalue weighted by atomic mass is 9.92. The van der Waals surface area contributed by atoms with Gasteiger partial charge in [-0.3, -0.25) is 0 Å². The van der Waals surface area contributed by atoms with Crippen LogP contribution >= 0.6 is 0 Å². The molecule has 72 valence electrons. The molecule has 0 aromatic carbocycles. The summed E-state index contributed by atoms with van der Waals surface area (Å²) >= 11 is 0. The lowest BCUT2D eigenvalue weighted by Gasteiger charge is -2.30. The maximum Gasteiger partial charge on any atom is 0.0586 e. The van der Waals surface area contributed by atoms with E-state index in [2.05, 4.69) is 19.2 Å². The lowest BCUT2D eigenvalue weighted by molar-refractivity contribution is 0.0576. The predicted molar refractivity (Wildman–Crippen MR) is 51.3 cm³/mol. The molecule has 0 aromatic heterocycles. The molecule has 0 amide bonds. The molecule has 1 rings (SSSR count). The molecule has 0 heterocycles. The maximum atomic E-state index is 5.36. The van der Waals surface area contributed by atoms with E-state index in [1.165, 1.54) is 25.7 Å². The molecule has 1 saturated carbocycles. The van der Waals surface area contributed by atoms with E-state index in [-0.39, 0.29) is 0 Å². The molecule has 1 N–H and O–H groups in total. The molecule has 1 fully saturated rings. The maximum absolute atomic E-state index is 5.36. The second-order valence-corrected chi connectivity index (χ2v) is 4.04. The normalized spacial score (nSPS) is 31.0. The van der Waals surface area contributed by atoms with Gasteiger partial charge in [-0.05, 0) is 25.7 Å². The summed E-state index contributed by atoms with van der Waals surface area (Å²) < 4.78 is 5.36. The second-order valence-electron chi connectivity index (χ2n) is 4.04. The van der Waals surface area contributed by atoms with Gasteiger partial charge >= 0.3 is 0 Å². The van der Waals surface area contributed by atoms with Crippen molar-refractivity contribution in [2.24, 2.45) is 0 Å². The number of nitrogens with one attached hydrogen (secondary N) is 1. The molecular weight excluding hydrogens is 150 g/mol. The van der Waals surface area contributed by atoms with E-state index in [9.17, 15) is 0 Å². The Bertz CT molecular complexity index is 125. The first kappa shape index (κ1) is 10.0. The van der Waals surface area contributed by atoms with Crippen molar-refractivity contribution in [3.63, 3.8) is 0 Å². The second kappa shape index (κ2) is 4.83. The molecule has 0 saturated heterocycles. The molecule has 0 bridgehead atoms. The highest BCUT2D eigenvalue weighted by Gasteiger charge is 2.21. The molecule has 0 unspecified atom stereocenters. The van der Waals surface area contributed by atoms with Gasteiger partial charge in [-0.2, -0.15) is 0 Å². The number of rotatable bonds is 3. The van der Waals surface area contributed by atoms with Crippen molar-refractivity contribution in [1.82, 2.24) is 5.32 Å². The van der Waals surface area contributed by atoms with E-state index in [1.807, 2.05) is 7.11 Å². The van der Waals surface area contributed by atoms with Crippen molar-refractivity contribution in [3.05, 3.63) is 0 Å². The highest BCUT2D eigenvalue weighted by molar-refractivity contribution is 4.79. The van der Waals surface area contributed by atoms with Crippen LogP contribution in [0.3, 0.4) is 0 Å². The summed E-state index contributed by atoms with van der Waals surface area (Å²) in [5.41, 5.74) is 0. The first-order valence-corrected chi connectivity index (χ1v) is 5.01. The van der Waals surface area contributed by atoms with Crippen LogP contribution in [-0.4, -0.2) is 25.3 Å². The lowest BCUT2D eigenvalue weighted by Crippen LogP contribution is -2.40. The fourth-order valence-corrected chi connectivity index (χ4v) is 1.98. The van der Waals surface area contributed by atoms with Crippen LogP contribution in [0.2, 0.25) is 0 Å². The summed E-state index contributed by atoms with van der Waals surface area (Å²) in [6.07, 6.45) is 5.55. The number of hydrogen-bond acceptors (Lipinski definition) is 2. The highest BCUT2D eigenvalue weighted by Crippen LogP contribution is 2.20. The van der Waals surface area contributed by atoms with E-state index >= 15 is 0 Å². The van der Waals surface area contributed by atoms with Gasteiger partial charge in [0.1, 0.15) is 0 Å². The van der Waals surface area contributed by atoms with E-state index in [4.69, 9.17) is 4.74 Å². The van der Waals surface area contributed by atoms with E-state index in [0.29, 0.717) is 18.2 Å². The third-order valence-electron chi connectivity index (χ3n) is 2.53. The van der Waals surface area contributed by atoms with Crippen LogP contribution in [-0.2, 0) is 4.74 Å². The van der Waals surface area contributed by atoms with Crippen molar-refractivity contribution >= 4 is 0 Å². The Morgan fingerprint density at radius 3 is 2.67 bits per heavy atom. The zero-order chi connectivity index (χ0) is 8.97. The standard InChI is InChI=1S/C10H21NO/c1-8(2)11-9-5-4-6-10(7-9)12-3/h8-11H,4-7H2,1-3H3/t9-,10+/m1/s1. The molecular formula is C10H21NO. The largest absolute Gasteiger partial charge is 0.381 e. The third-order valence-corrected chi connectivity index (χ3v) is 2.53. The fourth-order valence-electron chi connectivity index (χ4n) is 1.98. The minimum absolute atomic E-state index is 0.495. The topological polar surface area (TPSA) is 21.3 Å². The Labute approximate surface area is 75.7 Å². The van der Waals surface area contributed by atoms with Crippen LogP contribution in [0.5, 0.6) is 0 Å². The van der Waals surface area contributed by atoms with Crippen LogP contribution in [0, 0.1) is 0 Å². The molecule has 1 aliphatic rings. The zero-order valence-corrected chi connectivity index (χ0v) is 8.47. The Hall–Kier alpha value is -0.0800. The predicted octanol–water partition coefficient (Wildman–Crippen LogP) is 1.94. The van der Waals surface area contributed by atoms with Gasteiger partial charge in [-0.15, -0.1) is 0 Å². The Morgan fingerprint density at radius 2 is 2.08 bits per heavy atom. The van der Waals surface area contributed by atoms with Crippen molar-refractivity contribution in [2.75, 3.05) is 7.11 Å². The van der Waals surface area contributed by atoms with Gasteiger partial charge in [0, 0.05) is 19.2 Å². The number of methoxy groups -OCH3 is 1. The van der Waals surface area contributed by atoms with Gasteiger partial charge in [0.15, 0.2) is 0 Å². The Morgan fingerprint density at radius 1 is 1.33 bits per heavy atom. The summed E-state index contributed by atoms with van der Waals surface area (Å²) in [5.74, 6) is 0. The molecule has 1 aliphatic carbocycles. The van der Waals surface area contributed by atoms with Gasteiger partial charge in [-0.1, -0.05) is 13.8 Å². The van der Waals surface area contributed by atoms with Crippen molar-refractivity contribution in [1.29, 1.82) is 0 Å². The monoisotopic (exact) mass is 171 g/mol. The van der Waals surface area contributed by atoms with Crippen molar-refractivity contribution < 1.29 is 4.74 Å². The zero-order valence-electron chi connectivity index (χ0n) is 8.47. The van der Waals surface area contributed by atoms with E-state index in [0.717, 1.165) is 0 Å². The average molecular weight is 171 g/mol. The highest BCUT2D eigenvalue weighted by atomic mass is 16.5. The SMILES string of the molecule is CO[C@H]1CCC[C@@H](NC(C)C)C1. The van der Waals surface area contributed by atoms with Crippen LogP contribution < -0.4 is 5.32 Å². The summed E-state index contributed by atoms with van der Waals surface area (Å²) in [4.78, 5) is 0. The molecule has 0 radical (unpaired) electrons. The van der Waals surface area contributed by atoms with Crippen LogP contribution in [0.25, 0.3) is 0 Å². The number of hydrogen-bond donors (Lipinski definition) is 1. The van der Waals surface area contributed by atoms with E-state index in [1.54, 1.807) is 0 Å². The molecule has 2 heteroatoms. The molecule has 0 spiro atoms. The smallest absolute Gasteiger partial charge is 0.0586 e. The average Bonchev–Trinajstić information content (AvgIpc) is 2.03. The molecule has 0 aromatic rings.